The highest BCUT2D eigenvalue weighted by molar-refractivity contribution is 7.03. The van der Waals surface area contributed by atoms with Crippen molar-refractivity contribution in [2.24, 2.45) is 0 Å². The van der Waals surface area contributed by atoms with Crippen LogP contribution in [0.25, 0.3) is 0 Å². The van der Waals surface area contributed by atoms with Crippen molar-refractivity contribution in [1.29, 1.82) is 0 Å². The summed E-state index contributed by atoms with van der Waals surface area (Å²) in [4.78, 5) is 11.5. The largest absolute Gasteiger partial charge is 0.506 e. The highest BCUT2D eigenvalue weighted by atomic mass is 32.1. The fraction of sp³-hybridized carbons (Fsp3) is 0. The van der Waals surface area contributed by atoms with Gasteiger partial charge in [-0.05, 0) is 23.7 Å². The number of aromatic nitrogens is 2. The maximum absolute atomic E-state index is 11.5. The zero-order valence-corrected chi connectivity index (χ0v) is 8.36. The molecule has 0 bridgehead atoms. The molecule has 0 unspecified atom stereocenters. The summed E-state index contributed by atoms with van der Waals surface area (Å²) in [6.45, 7) is 0. The van der Waals surface area contributed by atoms with Gasteiger partial charge in [0.1, 0.15) is 5.75 Å². The molecule has 0 radical (unpaired) electrons. The molecular formula is C9H7N3O2S. The van der Waals surface area contributed by atoms with Crippen molar-refractivity contribution in [3.05, 3.63) is 35.3 Å². The van der Waals surface area contributed by atoms with E-state index in [1.807, 2.05) is 0 Å². The van der Waals surface area contributed by atoms with Crippen LogP contribution < -0.4 is 5.32 Å². The number of phenolic OH excluding ortho intramolecular Hbond substituents is 1. The number of anilines is 1. The van der Waals surface area contributed by atoms with Crippen molar-refractivity contribution in [3.8, 4) is 5.75 Å². The van der Waals surface area contributed by atoms with Crippen molar-refractivity contribution in [3.63, 3.8) is 0 Å². The van der Waals surface area contributed by atoms with Gasteiger partial charge in [-0.25, -0.2) is 0 Å². The van der Waals surface area contributed by atoms with Gasteiger partial charge in [-0.1, -0.05) is 16.6 Å². The molecule has 5 nitrogen and oxygen atoms in total. The van der Waals surface area contributed by atoms with Gasteiger partial charge in [-0.15, -0.1) is 5.10 Å². The number of hydrogen-bond donors (Lipinski definition) is 2. The Bertz CT molecular complexity index is 470. The minimum Gasteiger partial charge on any atom is -0.506 e. The fourth-order valence-electron chi connectivity index (χ4n) is 1.03. The lowest BCUT2D eigenvalue weighted by atomic mass is 10.3. The third kappa shape index (κ3) is 2.10. The normalized spacial score (nSPS) is 9.87. The lowest BCUT2D eigenvalue weighted by molar-refractivity contribution is 0.102. The van der Waals surface area contributed by atoms with Gasteiger partial charge in [0.05, 0.1) is 5.69 Å². The Hall–Kier alpha value is -1.95. The molecule has 2 N–H and O–H groups in total. The Morgan fingerprint density at radius 3 is 2.87 bits per heavy atom. The molecule has 0 saturated carbocycles. The number of carbonyl (C=O) groups excluding carboxylic acids is 1. The van der Waals surface area contributed by atoms with Crippen LogP contribution in [0, 0.1) is 0 Å². The van der Waals surface area contributed by atoms with Crippen LogP contribution in [0.1, 0.15) is 10.5 Å². The third-order valence-corrected chi connectivity index (χ3v) is 2.25. The quantitative estimate of drug-likeness (QED) is 0.753. The number of rotatable bonds is 2. The zero-order valence-electron chi connectivity index (χ0n) is 7.54. The molecule has 1 amide bonds. The first-order chi connectivity index (χ1) is 7.27. The summed E-state index contributed by atoms with van der Waals surface area (Å²) in [6.07, 6.45) is 0. The lowest BCUT2D eigenvalue weighted by Gasteiger charge is -2.04. The Balaban J connectivity index is 2.17. The number of aromatic hydroxyl groups is 1. The van der Waals surface area contributed by atoms with Crippen molar-refractivity contribution in [2.75, 3.05) is 5.32 Å². The molecule has 0 fully saturated rings. The van der Waals surface area contributed by atoms with Gasteiger partial charge in [-0.2, -0.15) is 0 Å². The van der Waals surface area contributed by atoms with E-state index in [-0.39, 0.29) is 17.4 Å². The molecule has 0 aliphatic heterocycles. The van der Waals surface area contributed by atoms with Crippen LogP contribution in [-0.2, 0) is 0 Å². The van der Waals surface area contributed by atoms with Crippen LogP contribution in [0.3, 0.4) is 0 Å². The molecule has 0 saturated heterocycles. The van der Waals surface area contributed by atoms with E-state index in [4.69, 9.17) is 0 Å². The summed E-state index contributed by atoms with van der Waals surface area (Å²) in [5, 5.41) is 17.1. The second-order valence-electron chi connectivity index (χ2n) is 2.76. The molecule has 1 aromatic carbocycles. The molecule has 15 heavy (non-hydrogen) atoms. The Labute approximate surface area is 89.5 Å². The van der Waals surface area contributed by atoms with E-state index >= 15 is 0 Å². The summed E-state index contributed by atoms with van der Waals surface area (Å²) in [6, 6.07) is 6.49. The topological polar surface area (TPSA) is 75.1 Å². The average molecular weight is 221 g/mol. The standard InChI is InChI=1S/C9H7N3O2S/c13-8-4-2-1-3-6(8)10-9(14)7-5-15-12-11-7/h1-5,13H,(H,10,14). The molecule has 2 rings (SSSR count). The first-order valence-electron chi connectivity index (χ1n) is 4.14. The number of phenols is 1. The monoisotopic (exact) mass is 221 g/mol. The van der Waals surface area contributed by atoms with Gasteiger partial charge in [0.15, 0.2) is 5.69 Å². The number of hydrogen-bond acceptors (Lipinski definition) is 5. The molecular weight excluding hydrogens is 214 g/mol. The van der Waals surface area contributed by atoms with Crippen LogP contribution in [-0.4, -0.2) is 20.6 Å². The SMILES string of the molecule is O=C(Nc1ccccc1O)c1csnn1. The van der Waals surface area contributed by atoms with Crippen molar-refractivity contribution >= 4 is 23.1 Å². The lowest BCUT2D eigenvalue weighted by Crippen LogP contribution is -2.12. The molecule has 6 heteroatoms. The van der Waals surface area contributed by atoms with Gasteiger partial charge in [0, 0.05) is 5.38 Å². The maximum Gasteiger partial charge on any atom is 0.277 e. The van der Waals surface area contributed by atoms with E-state index < -0.39 is 0 Å². The molecule has 0 spiro atoms. The first-order valence-corrected chi connectivity index (χ1v) is 4.97. The fourth-order valence-corrected chi connectivity index (χ4v) is 1.47. The first kappa shape index (κ1) is 9.60. The number of benzene rings is 1. The number of carbonyl (C=O) groups is 1. The predicted molar refractivity (Wildman–Crippen MR) is 56.0 cm³/mol. The van der Waals surface area contributed by atoms with Crippen LogP contribution in [0.15, 0.2) is 29.6 Å². The molecule has 1 heterocycles. The summed E-state index contributed by atoms with van der Waals surface area (Å²) in [7, 11) is 0. The highest BCUT2D eigenvalue weighted by Crippen LogP contribution is 2.21. The second kappa shape index (κ2) is 4.05. The van der Waals surface area contributed by atoms with Gasteiger partial charge in [0.25, 0.3) is 5.91 Å². The summed E-state index contributed by atoms with van der Waals surface area (Å²) in [5.41, 5.74) is 0.596. The van der Waals surface area contributed by atoms with E-state index in [0.29, 0.717) is 5.69 Å². The predicted octanol–water partition coefficient (Wildman–Crippen LogP) is 1.50. The Morgan fingerprint density at radius 1 is 1.40 bits per heavy atom. The van der Waals surface area contributed by atoms with Crippen LogP contribution in [0.2, 0.25) is 0 Å². The molecule has 76 valence electrons. The van der Waals surface area contributed by atoms with Crippen molar-refractivity contribution < 1.29 is 9.90 Å². The highest BCUT2D eigenvalue weighted by Gasteiger charge is 2.10. The Morgan fingerprint density at radius 2 is 2.20 bits per heavy atom. The molecule has 2 aromatic rings. The number of nitrogens with one attached hydrogen (secondary N) is 1. The van der Waals surface area contributed by atoms with E-state index in [0.717, 1.165) is 11.5 Å². The molecule has 0 aliphatic carbocycles. The number of para-hydroxylation sites is 2. The Kier molecular flexibility index (Phi) is 2.59. The van der Waals surface area contributed by atoms with Gasteiger partial charge >= 0.3 is 0 Å². The molecule has 1 aromatic heterocycles. The van der Waals surface area contributed by atoms with Gasteiger partial charge in [0.2, 0.25) is 0 Å². The van der Waals surface area contributed by atoms with E-state index in [9.17, 15) is 9.90 Å². The van der Waals surface area contributed by atoms with E-state index in [2.05, 4.69) is 14.9 Å². The van der Waals surface area contributed by atoms with Crippen molar-refractivity contribution in [2.45, 2.75) is 0 Å². The van der Waals surface area contributed by atoms with Gasteiger partial charge < -0.3 is 10.4 Å². The van der Waals surface area contributed by atoms with E-state index in [1.165, 1.54) is 11.4 Å². The smallest absolute Gasteiger partial charge is 0.277 e. The summed E-state index contributed by atoms with van der Waals surface area (Å²) < 4.78 is 3.58. The van der Waals surface area contributed by atoms with Crippen LogP contribution in [0.5, 0.6) is 5.75 Å². The van der Waals surface area contributed by atoms with Crippen molar-refractivity contribution in [1.82, 2.24) is 9.59 Å². The number of amides is 1. The summed E-state index contributed by atoms with van der Waals surface area (Å²) >= 11 is 1.10. The second-order valence-corrected chi connectivity index (χ2v) is 3.37. The minimum atomic E-state index is -0.384. The third-order valence-electron chi connectivity index (χ3n) is 1.74. The summed E-state index contributed by atoms with van der Waals surface area (Å²) in [5.74, 6) is -0.362. The minimum absolute atomic E-state index is 0.0223. The van der Waals surface area contributed by atoms with Gasteiger partial charge in [-0.3, -0.25) is 4.79 Å². The van der Waals surface area contributed by atoms with Crippen LogP contribution in [0.4, 0.5) is 5.69 Å². The number of nitrogens with zero attached hydrogens (tertiary/aromatic N) is 2. The molecule has 0 atom stereocenters. The average Bonchev–Trinajstić information content (AvgIpc) is 2.74. The molecule has 0 aliphatic rings. The van der Waals surface area contributed by atoms with Crippen LogP contribution >= 0.6 is 11.5 Å². The zero-order chi connectivity index (χ0) is 10.7. The maximum atomic E-state index is 11.5. The van der Waals surface area contributed by atoms with E-state index in [1.54, 1.807) is 18.2 Å².